The Kier molecular flexibility index (Phi) is 12.7. The van der Waals surface area contributed by atoms with E-state index in [4.69, 9.17) is 16.3 Å². The van der Waals surface area contributed by atoms with Crippen molar-refractivity contribution >= 4 is 55.1 Å². The van der Waals surface area contributed by atoms with Gasteiger partial charge in [0, 0.05) is 36.4 Å². The van der Waals surface area contributed by atoms with Crippen LogP contribution in [0, 0.1) is 0 Å². The summed E-state index contributed by atoms with van der Waals surface area (Å²) in [6.07, 6.45) is 6.96. The molecule has 3 aromatic carbocycles. The zero-order valence-electron chi connectivity index (χ0n) is 25.8. The van der Waals surface area contributed by atoms with Crippen LogP contribution in [0.1, 0.15) is 56.1 Å². The Morgan fingerprint density at radius 1 is 1.00 bits per heavy atom. The van der Waals surface area contributed by atoms with Crippen LogP contribution in [0.5, 0.6) is 5.75 Å². The molecule has 0 spiro atoms. The van der Waals surface area contributed by atoms with Gasteiger partial charge in [0.05, 0.1) is 24.1 Å². The number of methoxy groups -OCH3 is 1. The zero-order chi connectivity index (χ0) is 32.4. The van der Waals surface area contributed by atoms with Gasteiger partial charge in [0.25, 0.3) is 0 Å². The highest BCUT2D eigenvalue weighted by Crippen LogP contribution is 2.30. The van der Waals surface area contributed by atoms with Crippen LogP contribution in [0.4, 0.5) is 5.69 Å². The first-order valence-electron chi connectivity index (χ1n) is 15.2. The van der Waals surface area contributed by atoms with Crippen molar-refractivity contribution in [2.24, 2.45) is 0 Å². The molecule has 0 radical (unpaired) electrons. The molecule has 45 heavy (non-hydrogen) atoms. The topological polar surface area (TPSA) is 96.0 Å². The van der Waals surface area contributed by atoms with Crippen LogP contribution in [-0.2, 0) is 32.6 Å². The fraction of sp³-hybridized carbons (Fsp3) is 0.412. The molecule has 2 amide bonds. The van der Waals surface area contributed by atoms with Crippen LogP contribution in [0.3, 0.4) is 0 Å². The van der Waals surface area contributed by atoms with Crippen molar-refractivity contribution in [3.05, 3.63) is 93.4 Å². The van der Waals surface area contributed by atoms with Gasteiger partial charge in [-0.15, -0.1) is 0 Å². The van der Waals surface area contributed by atoms with Crippen molar-refractivity contribution in [1.82, 2.24) is 10.2 Å². The van der Waals surface area contributed by atoms with Crippen molar-refractivity contribution in [3.63, 3.8) is 0 Å². The van der Waals surface area contributed by atoms with Gasteiger partial charge in [-0.05, 0) is 60.7 Å². The van der Waals surface area contributed by atoms with E-state index in [0.29, 0.717) is 17.9 Å². The van der Waals surface area contributed by atoms with Gasteiger partial charge >= 0.3 is 0 Å². The number of hydrogen-bond donors (Lipinski definition) is 1. The molecule has 0 saturated heterocycles. The fourth-order valence-electron chi connectivity index (χ4n) is 5.70. The van der Waals surface area contributed by atoms with Gasteiger partial charge in [-0.3, -0.25) is 13.9 Å². The van der Waals surface area contributed by atoms with Gasteiger partial charge in [0.1, 0.15) is 11.8 Å². The van der Waals surface area contributed by atoms with Gasteiger partial charge in [-0.2, -0.15) is 0 Å². The number of nitrogens with one attached hydrogen (secondary N) is 1. The molecule has 1 N–H and O–H groups in total. The van der Waals surface area contributed by atoms with E-state index in [-0.39, 0.29) is 48.8 Å². The number of carbonyl (C=O) groups is 2. The van der Waals surface area contributed by atoms with E-state index in [1.807, 2.05) is 54.6 Å². The van der Waals surface area contributed by atoms with Crippen LogP contribution >= 0.6 is 27.5 Å². The number of anilines is 1. The van der Waals surface area contributed by atoms with Crippen LogP contribution in [0.25, 0.3) is 0 Å². The minimum Gasteiger partial charge on any atom is -0.495 e. The largest absolute Gasteiger partial charge is 0.495 e. The lowest BCUT2D eigenvalue weighted by molar-refractivity contribution is -0.141. The van der Waals surface area contributed by atoms with Crippen LogP contribution in [0.15, 0.2) is 77.3 Å². The van der Waals surface area contributed by atoms with Crippen molar-refractivity contribution in [3.8, 4) is 5.75 Å². The molecule has 1 saturated carbocycles. The minimum atomic E-state index is -3.67. The number of halogens is 2. The molecular formula is C34H41BrClN3O5S. The second kappa shape index (κ2) is 16.5. The maximum Gasteiger partial charge on any atom is 0.243 e. The lowest BCUT2D eigenvalue weighted by atomic mass is 9.94. The summed E-state index contributed by atoms with van der Waals surface area (Å²) in [5, 5.41) is 3.53. The predicted molar refractivity (Wildman–Crippen MR) is 183 cm³/mol. The Balaban J connectivity index is 1.58. The summed E-state index contributed by atoms with van der Waals surface area (Å²) >= 11 is 9.76. The third-order valence-corrected chi connectivity index (χ3v) is 10.1. The quantitative estimate of drug-likeness (QED) is 0.199. The number of ether oxygens (including phenoxy) is 1. The standard InChI is InChI=1S/C34H41BrClN3O5S/c1-44-32-20-19-29(23-30(32)36)39(45(2,42)43)21-9-14-33(40)38(24-26-15-17-27(35)18-16-26)31(22-25-10-5-3-6-11-25)34(41)37-28-12-7-4-8-13-28/h3,5-6,10-11,15-20,23,28,31H,4,7-9,12-14,21-22,24H2,1-2H3,(H,37,41)/t31-/m1/s1. The van der Waals surface area contributed by atoms with Crippen molar-refractivity contribution < 1.29 is 22.7 Å². The Morgan fingerprint density at radius 3 is 2.31 bits per heavy atom. The van der Waals surface area contributed by atoms with E-state index in [0.717, 1.165) is 47.5 Å². The normalized spacial score (nSPS) is 14.4. The first-order valence-corrected chi connectivity index (χ1v) is 18.3. The van der Waals surface area contributed by atoms with Gasteiger partial charge in [0.2, 0.25) is 21.8 Å². The molecule has 3 aromatic rings. The average Bonchev–Trinajstić information content (AvgIpc) is 3.02. The SMILES string of the molecule is COc1ccc(N(CCCC(=O)N(Cc2ccc(Br)cc2)[C@H](Cc2ccccc2)C(=O)NC2CCCCC2)S(C)(=O)=O)cc1Cl. The molecule has 1 aliphatic rings. The monoisotopic (exact) mass is 717 g/mol. The van der Waals surface area contributed by atoms with Crippen molar-refractivity contribution in [2.45, 2.75) is 70.0 Å². The van der Waals surface area contributed by atoms with Crippen LogP contribution < -0.4 is 14.4 Å². The second-order valence-electron chi connectivity index (χ2n) is 11.5. The summed E-state index contributed by atoms with van der Waals surface area (Å²) in [6.45, 7) is 0.308. The summed E-state index contributed by atoms with van der Waals surface area (Å²) in [5.74, 6) is 0.0456. The summed E-state index contributed by atoms with van der Waals surface area (Å²) in [7, 11) is -2.18. The molecule has 0 heterocycles. The Labute approximate surface area is 280 Å². The second-order valence-corrected chi connectivity index (χ2v) is 14.7. The number of amides is 2. The maximum absolute atomic E-state index is 14.1. The lowest BCUT2D eigenvalue weighted by Gasteiger charge is -2.34. The zero-order valence-corrected chi connectivity index (χ0v) is 28.9. The number of nitrogens with zero attached hydrogens (tertiary/aromatic N) is 2. The Bertz CT molecular complexity index is 1530. The third-order valence-electron chi connectivity index (χ3n) is 8.06. The number of hydrogen-bond acceptors (Lipinski definition) is 5. The Hall–Kier alpha value is -3.08. The highest BCUT2D eigenvalue weighted by Gasteiger charge is 2.32. The average molecular weight is 719 g/mol. The van der Waals surface area contributed by atoms with E-state index in [9.17, 15) is 18.0 Å². The van der Waals surface area contributed by atoms with Gasteiger partial charge < -0.3 is 15.0 Å². The summed E-state index contributed by atoms with van der Waals surface area (Å²) < 4.78 is 32.9. The van der Waals surface area contributed by atoms with Gasteiger partial charge in [-0.1, -0.05) is 89.3 Å². The molecule has 1 atom stereocenters. The first kappa shape index (κ1) is 34.8. The molecule has 0 bridgehead atoms. The minimum absolute atomic E-state index is 0.0500. The fourth-order valence-corrected chi connectivity index (χ4v) is 7.17. The van der Waals surface area contributed by atoms with Gasteiger partial charge in [-0.25, -0.2) is 8.42 Å². The number of carbonyl (C=O) groups excluding carboxylic acids is 2. The van der Waals surface area contributed by atoms with E-state index in [1.54, 1.807) is 17.0 Å². The smallest absolute Gasteiger partial charge is 0.243 e. The number of benzene rings is 3. The molecule has 242 valence electrons. The third kappa shape index (κ3) is 10.2. The number of sulfonamides is 1. The molecule has 8 nitrogen and oxygen atoms in total. The summed E-state index contributed by atoms with van der Waals surface area (Å²) in [6, 6.07) is 21.5. The first-order chi connectivity index (χ1) is 21.5. The molecule has 0 aromatic heterocycles. The molecule has 0 aliphatic heterocycles. The van der Waals surface area contributed by atoms with Crippen molar-refractivity contribution in [1.29, 1.82) is 0 Å². The maximum atomic E-state index is 14.1. The van der Waals surface area contributed by atoms with Crippen LogP contribution in [-0.4, -0.2) is 57.1 Å². The molecule has 0 unspecified atom stereocenters. The summed E-state index contributed by atoms with van der Waals surface area (Å²) in [4.78, 5) is 29.7. The molecule has 1 fully saturated rings. The predicted octanol–water partition coefficient (Wildman–Crippen LogP) is 6.75. The van der Waals surface area contributed by atoms with E-state index < -0.39 is 16.1 Å². The van der Waals surface area contributed by atoms with Gasteiger partial charge in [0.15, 0.2) is 0 Å². The van der Waals surface area contributed by atoms with E-state index >= 15 is 0 Å². The highest BCUT2D eigenvalue weighted by atomic mass is 79.9. The molecule has 4 rings (SSSR count). The molecule has 1 aliphatic carbocycles. The van der Waals surface area contributed by atoms with E-state index in [1.165, 1.54) is 23.9 Å². The summed E-state index contributed by atoms with van der Waals surface area (Å²) in [5.41, 5.74) is 2.23. The van der Waals surface area contributed by atoms with Crippen LogP contribution in [0.2, 0.25) is 5.02 Å². The highest BCUT2D eigenvalue weighted by molar-refractivity contribution is 9.10. The molecule has 11 heteroatoms. The molecular weight excluding hydrogens is 678 g/mol. The number of rotatable bonds is 14. The Morgan fingerprint density at radius 2 is 1.69 bits per heavy atom. The van der Waals surface area contributed by atoms with Crippen molar-refractivity contribution in [2.75, 3.05) is 24.2 Å². The lowest BCUT2D eigenvalue weighted by Crippen LogP contribution is -2.52. The van der Waals surface area contributed by atoms with E-state index in [2.05, 4.69) is 21.2 Å².